The molecule has 26 heavy (non-hydrogen) atoms. The van der Waals surface area contributed by atoms with Crippen LogP contribution >= 0.6 is 0 Å². The normalized spacial score (nSPS) is 11.2. The predicted molar refractivity (Wildman–Crippen MR) is 98.1 cm³/mol. The number of nitrogens with one attached hydrogen (secondary N) is 1. The lowest BCUT2D eigenvalue weighted by molar-refractivity contribution is -0.129. The van der Waals surface area contributed by atoms with Crippen molar-refractivity contribution >= 4 is 15.9 Å². The van der Waals surface area contributed by atoms with Crippen molar-refractivity contribution in [2.75, 3.05) is 19.7 Å². The molecule has 0 saturated heterocycles. The van der Waals surface area contributed by atoms with Gasteiger partial charge in [0.25, 0.3) is 0 Å². The number of ether oxygens (including phenoxy) is 1. The van der Waals surface area contributed by atoms with Gasteiger partial charge in [-0.25, -0.2) is 13.1 Å². The quantitative estimate of drug-likeness (QED) is 0.720. The first-order valence-corrected chi connectivity index (χ1v) is 9.77. The maximum absolute atomic E-state index is 12.3. The summed E-state index contributed by atoms with van der Waals surface area (Å²) < 4.78 is 32.5. The molecule has 7 nitrogen and oxygen atoms in total. The lowest BCUT2D eigenvalue weighted by atomic mass is 10.2. The molecule has 0 aliphatic carbocycles. The fourth-order valence-corrected chi connectivity index (χ4v) is 3.36. The Kier molecular flexibility index (Phi) is 7.11. The van der Waals surface area contributed by atoms with E-state index in [1.807, 2.05) is 13.0 Å². The zero-order valence-corrected chi connectivity index (χ0v) is 15.7. The molecule has 1 aromatic carbocycles. The first kappa shape index (κ1) is 19.9. The van der Waals surface area contributed by atoms with Gasteiger partial charge in [0.1, 0.15) is 5.75 Å². The van der Waals surface area contributed by atoms with Crippen LogP contribution in [0.5, 0.6) is 5.75 Å². The summed E-state index contributed by atoms with van der Waals surface area (Å²) in [6.45, 7) is 4.60. The minimum atomic E-state index is -3.64. The molecule has 1 heterocycles. The van der Waals surface area contributed by atoms with E-state index in [-0.39, 0.29) is 23.9 Å². The van der Waals surface area contributed by atoms with Gasteiger partial charge in [0.2, 0.25) is 15.9 Å². The maximum Gasteiger partial charge on any atom is 0.240 e. The van der Waals surface area contributed by atoms with Crippen LogP contribution < -0.4 is 9.46 Å². The van der Waals surface area contributed by atoms with Gasteiger partial charge >= 0.3 is 0 Å². The second kappa shape index (κ2) is 9.30. The third-order valence-electron chi connectivity index (χ3n) is 3.66. The van der Waals surface area contributed by atoms with Crippen LogP contribution in [0.3, 0.4) is 0 Å². The lowest BCUT2D eigenvalue weighted by Crippen LogP contribution is -2.37. The number of hydrogen-bond acceptors (Lipinski definition) is 5. The number of carbonyl (C=O) groups is 1. The molecule has 1 aromatic heterocycles. The Morgan fingerprint density at radius 2 is 1.96 bits per heavy atom. The minimum absolute atomic E-state index is 0.120. The molecular formula is C18H23N3O4S. The molecule has 1 N–H and O–H groups in total. The van der Waals surface area contributed by atoms with Crippen molar-refractivity contribution in [3.05, 3.63) is 54.4 Å². The van der Waals surface area contributed by atoms with Crippen molar-refractivity contribution in [3.8, 4) is 5.75 Å². The summed E-state index contributed by atoms with van der Waals surface area (Å²) in [7, 11) is -3.64. The van der Waals surface area contributed by atoms with Gasteiger partial charge in [0.15, 0.2) is 0 Å². The monoisotopic (exact) mass is 377 g/mol. The number of pyridine rings is 1. The van der Waals surface area contributed by atoms with Gasteiger partial charge in [0.05, 0.1) is 11.5 Å². The number of amides is 1. The third-order valence-corrected chi connectivity index (χ3v) is 5.14. The predicted octanol–water partition coefficient (Wildman–Crippen LogP) is 1.81. The molecule has 0 aliphatic rings. The Labute approximate surface area is 154 Å². The molecule has 0 unspecified atom stereocenters. The van der Waals surface area contributed by atoms with Crippen molar-refractivity contribution in [1.29, 1.82) is 0 Å². The van der Waals surface area contributed by atoms with Gasteiger partial charge in [-0.05, 0) is 42.8 Å². The highest BCUT2D eigenvalue weighted by atomic mass is 32.2. The van der Waals surface area contributed by atoms with Gasteiger partial charge < -0.3 is 9.64 Å². The molecule has 1 amide bonds. The van der Waals surface area contributed by atoms with Gasteiger partial charge in [-0.2, -0.15) is 0 Å². The van der Waals surface area contributed by atoms with E-state index in [4.69, 9.17) is 4.74 Å². The topological polar surface area (TPSA) is 88.6 Å². The van der Waals surface area contributed by atoms with Crippen LogP contribution in [-0.4, -0.2) is 43.9 Å². The first-order valence-electron chi connectivity index (χ1n) is 8.29. The van der Waals surface area contributed by atoms with E-state index in [0.29, 0.717) is 18.9 Å². The van der Waals surface area contributed by atoms with E-state index >= 15 is 0 Å². The van der Waals surface area contributed by atoms with Crippen LogP contribution in [-0.2, 0) is 21.4 Å². The van der Waals surface area contributed by atoms with E-state index in [2.05, 4.69) is 9.71 Å². The average Bonchev–Trinajstić information content (AvgIpc) is 2.62. The average molecular weight is 377 g/mol. The van der Waals surface area contributed by atoms with Crippen LogP contribution in [0, 0.1) is 0 Å². The van der Waals surface area contributed by atoms with Crippen molar-refractivity contribution < 1.29 is 17.9 Å². The summed E-state index contributed by atoms with van der Waals surface area (Å²) >= 11 is 0. The Morgan fingerprint density at radius 3 is 2.54 bits per heavy atom. The molecule has 0 spiro atoms. The Morgan fingerprint density at radius 1 is 1.23 bits per heavy atom. The number of aromatic nitrogens is 1. The van der Waals surface area contributed by atoms with Gasteiger partial charge in [0, 0.05) is 39.0 Å². The van der Waals surface area contributed by atoms with Crippen molar-refractivity contribution in [2.24, 2.45) is 0 Å². The van der Waals surface area contributed by atoms with Crippen LogP contribution in [0.25, 0.3) is 0 Å². The third kappa shape index (κ3) is 5.82. The summed E-state index contributed by atoms with van der Waals surface area (Å²) in [6.07, 6.45) is 3.34. The Bertz CT molecular complexity index is 808. The number of hydrogen-bond donors (Lipinski definition) is 1. The smallest absolute Gasteiger partial charge is 0.240 e. The van der Waals surface area contributed by atoms with E-state index in [1.165, 1.54) is 19.1 Å². The second-order valence-electron chi connectivity index (χ2n) is 5.60. The van der Waals surface area contributed by atoms with Crippen LogP contribution in [0.4, 0.5) is 0 Å². The van der Waals surface area contributed by atoms with Gasteiger partial charge in [-0.3, -0.25) is 9.78 Å². The minimum Gasteiger partial charge on any atom is -0.494 e. The second-order valence-corrected chi connectivity index (χ2v) is 7.37. The Hall–Kier alpha value is -2.45. The molecule has 0 atom stereocenters. The summed E-state index contributed by atoms with van der Waals surface area (Å²) in [6, 6.07) is 9.87. The standard InChI is InChI=1S/C18H23N3O4S/c1-3-25-17-6-8-18(9-7-17)26(23,24)20-11-12-21(15(2)22)14-16-5-4-10-19-13-16/h4-10,13,20H,3,11-12,14H2,1-2H3. The molecule has 140 valence electrons. The highest BCUT2D eigenvalue weighted by Gasteiger charge is 2.15. The van der Waals surface area contributed by atoms with Crippen molar-refractivity contribution in [2.45, 2.75) is 25.3 Å². The highest BCUT2D eigenvalue weighted by Crippen LogP contribution is 2.15. The summed E-state index contributed by atoms with van der Waals surface area (Å²) in [5.41, 5.74) is 0.886. The maximum atomic E-state index is 12.3. The van der Waals surface area contributed by atoms with Gasteiger partial charge in [-0.15, -0.1) is 0 Å². The zero-order valence-electron chi connectivity index (χ0n) is 14.9. The Balaban J connectivity index is 1.93. The molecule has 0 bridgehead atoms. The summed E-state index contributed by atoms with van der Waals surface area (Å²) in [4.78, 5) is 17.5. The SMILES string of the molecule is CCOc1ccc(S(=O)(=O)NCCN(Cc2cccnc2)C(C)=O)cc1. The number of sulfonamides is 1. The number of carbonyl (C=O) groups excluding carboxylic acids is 1. The number of benzene rings is 1. The lowest BCUT2D eigenvalue weighted by Gasteiger charge is -2.21. The largest absolute Gasteiger partial charge is 0.494 e. The molecule has 2 aromatic rings. The van der Waals surface area contributed by atoms with E-state index in [0.717, 1.165) is 5.56 Å². The van der Waals surface area contributed by atoms with Crippen molar-refractivity contribution in [1.82, 2.24) is 14.6 Å². The number of rotatable bonds is 9. The summed E-state index contributed by atoms with van der Waals surface area (Å²) in [5.74, 6) is 0.486. The molecular weight excluding hydrogens is 354 g/mol. The fraction of sp³-hybridized carbons (Fsp3) is 0.333. The van der Waals surface area contributed by atoms with E-state index < -0.39 is 10.0 Å². The van der Waals surface area contributed by atoms with Gasteiger partial charge in [-0.1, -0.05) is 6.07 Å². The number of nitrogens with zero attached hydrogens (tertiary/aromatic N) is 2. The van der Waals surface area contributed by atoms with E-state index in [9.17, 15) is 13.2 Å². The van der Waals surface area contributed by atoms with Crippen LogP contribution in [0.2, 0.25) is 0 Å². The molecule has 2 rings (SSSR count). The molecule has 0 radical (unpaired) electrons. The summed E-state index contributed by atoms with van der Waals surface area (Å²) in [5, 5.41) is 0. The fourth-order valence-electron chi connectivity index (χ4n) is 2.34. The van der Waals surface area contributed by atoms with Crippen LogP contribution in [0.1, 0.15) is 19.4 Å². The molecule has 0 aliphatic heterocycles. The first-order chi connectivity index (χ1) is 12.4. The van der Waals surface area contributed by atoms with Crippen LogP contribution in [0.15, 0.2) is 53.7 Å². The van der Waals surface area contributed by atoms with E-state index in [1.54, 1.807) is 35.5 Å². The highest BCUT2D eigenvalue weighted by molar-refractivity contribution is 7.89. The molecule has 0 saturated carbocycles. The van der Waals surface area contributed by atoms with Crippen molar-refractivity contribution in [3.63, 3.8) is 0 Å². The molecule has 8 heteroatoms. The molecule has 0 fully saturated rings. The zero-order chi connectivity index (χ0) is 19.0.